The molecule has 2 rings (SSSR count). The van der Waals surface area contributed by atoms with Crippen molar-refractivity contribution in [3.05, 3.63) is 24.3 Å². The van der Waals surface area contributed by atoms with E-state index in [-0.39, 0.29) is 12.1 Å². The number of aliphatic hydroxyl groups is 1. The van der Waals surface area contributed by atoms with Gasteiger partial charge in [0, 0.05) is 6.54 Å². The predicted octanol–water partition coefficient (Wildman–Crippen LogP) is 2.01. The summed E-state index contributed by atoms with van der Waals surface area (Å²) in [6.07, 6.45) is 3.11. The van der Waals surface area contributed by atoms with Crippen molar-refractivity contribution in [3.63, 3.8) is 0 Å². The summed E-state index contributed by atoms with van der Waals surface area (Å²) in [6.45, 7) is 2.85. The molecule has 1 fully saturated rings. The minimum Gasteiger partial charge on any atom is -0.397 e. The number of anilines is 2. The molecule has 88 valence electrons. The molecule has 0 aromatic heterocycles. The van der Waals surface area contributed by atoms with Crippen molar-refractivity contribution in [2.75, 3.05) is 17.2 Å². The molecule has 1 saturated heterocycles. The average molecular weight is 220 g/mol. The molecule has 1 aliphatic rings. The van der Waals surface area contributed by atoms with Crippen molar-refractivity contribution in [2.45, 2.75) is 38.3 Å². The molecule has 3 heteroatoms. The van der Waals surface area contributed by atoms with Gasteiger partial charge in [0.25, 0.3) is 0 Å². The third kappa shape index (κ3) is 2.14. The molecule has 1 aliphatic heterocycles. The van der Waals surface area contributed by atoms with Crippen LogP contribution in [0.25, 0.3) is 0 Å². The Morgan fingerprint density at radius 3 is 2.81 bits per heavy atom. The van der Waals surface area contributed by atoms with Crippen LogP contribution in [0.3, 0.4) is 0 Å². The van der Waals surface area contributed by atoms with E-state index in [1.54, 1.807) is 0 Å². The standard InChI is InChI=1S/C13H20N2O/c1-10(16)12-7-4-5-9-15(12)13-8-3-2-6-11(13)14/h2-3,6,8,10,12,16H,4-5,7,9,14H2,1H3. The molecule has 0 radical (unpaired) electrons. The molecule has 0 amide bonds. The molecule has 0 bridgehead atoms. The van der Waals surface area contributed by atoms with Gasteiger partial charge in [-0.05, 0) is 38.3 Å². The van der Waals surface area contributed by atoms with E-state index in [0.29, 0.717) is 0 Å². The lowest BCUT2D eigenvalue weighted by Gasteiger charge is -2.39. The summed E-state index contributed by atoms with van der Waals surface area (Å²) in [5.41, 5.74) is 7.85. The van der Waals surface area contributed by atoms with Gasteiger partial charge in [0.05, 0.1) is 23.5 Å². The lowest BCUT2D eigenvalue weighted by Crippen LogP contribution is -2.46. The summed E-state index contributed by atoms with van der Waals surface area (Å²) in [4.78, 5) is 2.25. The molecule has 1 aromatic carbocycles. The van der Waals surface area contributed by atoms with Crippen LogP contribution in [-0.2, 0) is 0 Å². The van der Waals surface area contributed by atoms with Crippen molar-refractivity contribution in [1.82, 2.24) is 0 Å². The molecular weight excluding hydrogens is 200 g/mol. The molecule has 1 heterocycles. The maximum atomic E-state index is 9.82. The molecule has 2 unspecified atom stereocenters. The molecule has 3 nitrogen and oxygen atoms in total. The van der Waals surface area contributed by atoms with E-state index in [2.05, 4.69) is 4.90 Å². The van der Waals surface area contributed by atoms with Crippen molar-refractivity contribution in [1.29, 1.82) is 0 Å². The highest BCUT2D eigenvalue weighted by Crippen LogP contribution is 2.30. The third-order valence-corrected chi connectivity index (χ3v) is 3.35. The summed E-state index contributed by atoms with van der Waals surface area (Å²) in [6, 6.07) is 8.11. The van der Waals surface area contributed by atoms with Crippen LogP contribution >= 0.6 is 0 Å². The van der Waals surface area contributed by atoms with E-state index in [4.69, 9.17) is 5.73 Å². The number of nitrogen functional groups attached to an aromatic ring is 1. The Balaban J connectivity index is 2.27. The quantitative estimate of drug-likeness (QED) is 0.750. The monoisotopic (exact) mass is 220 g/mol. The molecule has 16 heavy (non-hydrogen) atoms. The summed E-state index contributed by atoms with van der Waals surface area (Å²) in [7, 11) is 0. The SMILES string of the molecule is CC(O)C1CCCCN1c1ccccc1N. The zero-order valence-electron chi connectivity index (χ0n) is 9.76. The highest BCUT2D eigenvalue weighted by molar-refractivity contribution is 5.68. The maximum Gasteiger partial charge on any atom is 0.0715 e. The second kappa shape index (κ2) is 4.74. The minimum atomic E-state index is -0.306. The normalized spacial score (nSPS) is 23.1. The number of hydrogen-bond acceptors (Lipinski definition) is 3. The number of benzene rings is 1. The molecule has 0 aliphatic carbocycles. The fourth-order valence-electron chi connectivity index (χ4n) is 2.51. The van der Waals surface area contributed by atoms with Gasteiger partial charge in [-0.15, -0.1) is 0 Å². The summed E-state index contributed by atoms with van der Waals surface area (Å²) >= 11 is 0. The van der Waals surface area contributed by atoms with E-state index in [1.807, 2.05) is 31.2 Å². The van der Waals surface area contributed by atoms with Crippen LogP contribution in [0.4, 0.5) is 11.4 Å². The van der Waals surface area contributed by atoms with Crippen molar-refractivity contribution < 1.29 is 5.11 Å². The first kappa shape index (κ1) is 11.3. The fourth-order valence-corrected chi connectivity index (χ4v) is 2.51. The number of para-hydroxylation sites is 2. The van der Waals surface area contributed by atoms with Crippen molar-refractivity contribution in [2.24, 2.45) is 0 Å². The average Bonchev–Trinajstić information content (AvgIpc) is 2.29. The van der Waals surface area contributed by atoms with Gasteiger partial charge < -0.3 is 15.7 Å². The van der Waals surface area contributed by atoms with Gasteiger partial charge in [0.2, 0.25) is 0 Å². The highest BCUT2D eigenvalue weighted by atomic mass is 16.3. The first-order valence-electron chi connectivity index (χ1n) is 5.99. The molecule has 0 spiro atoms. The topological polar surface area (TPSA) is 49.5 Å². The highest BCUT2D eigenvalue weighted by Gasteiger charge is 2.27. The van der Waals surface area contributed by atoms with Crippen LogP contribution in [-0.4, -0.2) is 23.8 Å². The maximum absolute atomic E-state index is 9.82. The van der Waals surface area contributed by atoms with Gasteiger partial charge in [-0.25, -0.2) is 0 Å². The van der Waals surface area contributed by atoms with Crippen LogP contribution in [0.15, 0.2) is 24.3 Å². The van der Waals surface area contributed by atoms with Crippen molar-refractivity contribution >= 4 is 11.4 Å². The van der Waals surface area contributed by atoms with Crippen molar-refractivity contribution in [3.8, 4) is 0 Å². The Bertz CT molecular complexity index is 352. The molecule has 1 aromatic rings. The Morgan fingerprint density at radius 1 is 1.38 bits per heavy atom. The van der Waals surface area contributed by atoms with E-state index in [1.165, 1.54) is 12.8 Å². The van der Waals surface area contributed by atoms with Gasteiger partial charge in [-0.2, -0.15) is 0 Å². The van der Waals surface area contributed by atoms with E-state index >= 15 is 0 Å². The summed E-state index contributed by atoms with van der Waals surface area (Å²) in [5.74, 6) is 0. The van der Waals surface area contributed by atoms with Crippen LogP contribution in [0.1, 0.15) is 26.2 Å². The Labute approximate surface area is 96.9 Å². The lowest BCUT2D eigenvalue weighted by molar-refractivity contribution is 0.146. The van der Waals surface area contributed by atoms with Gasteiger partial charge in [0.15, 0.2) is 0 Å². The van der Waals surface area contributed by atoms with Gasteiger partial charge in [-0.3, -0.25) is 0 Å². The molecular formula is C13H20N2O. The van der Waals surface area contributed by atoms with Gasteiger partial charge in [-0.1, -0.05) is 12.1 Å². The number of nitrogens with two attached hydrogens (primary N) is 1. The van der Waals surface area contributed by atoms with Crippen LogP contribution in [0.2, 0.25) is 0 Å². The smallest absolute Gasteiger partial charge is 0.0715 e. The Hall–Kier alpha value is -1.22. The van der Waals surface area contributed by atoms with Crippen LogP contribution < -0.4 is 10.6 Å². The minimum absolute atomic E-state index is 0.207. The molecule has 2 atom stereocenters. The summed E-state index contributed by atoms with van der Waals surface area (Å²) < 4.78 is 0. The largest absolute Gasteiger partial charge is 0.397 e. The Morgan fingerprint density at radius 2 is 2.12 bits per heavy atom. The van der Waals surface area contributed by atoms with Crippen LogP contribution in [0.5, 0.6) is 0 Å². The second-order valence-corrected chi connectivity index (χ2v) is 4.56. The number of piperidine rings is 1. The first-order chi connectivity index (χ1) is 7.70. The number of rotatable bonds is 2. The zero-order valence-corrected chi connectivity index (χ0v) is 9.76. The van der Waals surface area contributed by atoms with Crippen LogP contribution in [0, 0.1) is 0 Å². The number of aliphatic hydroxyl groups excluding tert-OH is 1. The van der Waals surface area contributed by atoms with Gasteiger partial charge in [0.1, 0.15) is 0 Å². The number of nitrogens with zero attached hydrogens (tertiary/aromatic N) is 1. The predicted molar refractivity (Wildman–Crippen MR) is 67.5 cm³/mol. The zero-order chi connectivity index (χ0) is 11.5. The third-order valence-electron chi connectivity index (χ3n) is 3.35. The molecule has 3 N–H and O–H groups in total. The van der Waals surface area contributed by atoms with Gasteiger partial charge >= 0.3 is 0 Å². The summed E-state index contributed by atoms with van der Waals surface area (Å²) in [5, 5.41) is 9.82. The first-order valence-corrected chi connectivity index (χ1v) is 5.99. The Kier molecular flexibility index (Phi) is 3.34. The number of hydrogen-bond donors (Lipinski definition) is 2. The van der Waals surface area contributed by atoms with E-state index in [9.17, 15) is 5.11 Å². The fraction of sp³-hybridized carbons (Fsp3) is 0.538. The van der Waals surface area contributed by atoms with E-state index in [0.717, 1.165) is 24.3 Å². The lowest BCUT2D eigenvalue weighted by atomic mass is 9.97. The van der Waals surface area contributed by atoms with E-state index < -0.39 is 0 Å². The second-order valence-electron chi connectivity index (χ2n) is 4.56. The molecule has 0 saturated carbocycles.